The zero-order valence-corrected chi connectivity index (χ0v) is 22.6. The highest BCUT2D eigenvalue weighted by atomic mass is 32.2. The molecule has 3 aromatic carbocycles. The van der Waals surface area contributed by atoms with Gasteiger partial charge in [0.05, 0.1) is 21.6 Å². The Balaban J connectivity index is 1.38. The average molecular weight is 589 g/mol. The van der Waals surface area contributed by atoms with Crippen molar-refractivity contribution in [2.45, 2.75) is 22.7 Å². The molecule has 3 heterocycles. The predicted molar refractivity (Wildman–Crippen MR) is 152 cm³/mol. The minimum Gasteiger partial charge on any atom is -0.508 e. The number of phenols is 1. The standard InChI is InChI=1S/C28H20N4O7S2/c33-19-12-6-16(7-13-19)29-20(34)14-30-27-24(41-28(30)37)21(15-4-2-1-3-5-15)22-23(40-27)26(36)31(25(22)35)17-8-10-18(11-9-17)32(38)39/h1-13,21-23,33H,14H2,(H,29,34). The van der Waals surface area contributed by atoms with E-state index in [1.54, 1.807) is 0 Å². The minimum absolute atomic E-state index is 0.0441. The lowest BCUT2D eigenvalue weighted by Crippen LogP contribution is -2.33. The van der Waals surface area contributed by atoms with Gasteiger partial charge < -0.3 is 10.4 Å². The topological polar surface area (TPSA) is 152 Å². The van der Waals surface area contributed by atoms with Crippen molar-refractivity contribution in [1.29, 1.82) is 0 Å². The molecule has 1 aromatic heterocycles. The van der Waals surface area contributed by atoms with E-state index >= 15 is 0 Å². The molecule has 1 fully saturated rings. The minimum atomic E-state index is -0.879. The van der Waals surface area contributed by atoms with Crippen LogP contribution in [-0.2, 0) is 20.9 Å². The molecule has 2 N–H and O–H groups in total. The number of nitro groups is 1. The molecular weight excluding hydrogens is 568 g/mol. The maximum Gasteiger partial charge on any atom is 0.308 e. The fourth-order valence-electron chi connectivity index (χ4n) is 5.14. The fraction of sp³-hybridized carbons (Fsp3) is 0.143. The third-order valence-corrected chi connectivity index (χ3v) is 9.58. The van der Waals surface area contributed by atoms with Crippen LogP contribution in [0.25, 0.3) is 0 Å². The summed E-state index contributed by atoms with van der Waals surface area (Å²) in [7, 11) is 0. The molecule has 2 aliphatic heterocycles. The molecule has 13 heteroatoms. The smallest absolute Gasteiger partial charge is 0.308 e. The Morgan fingerprint density at radius 2 is 1.63 bits per heavy atom. The van der Waals surface area contributed by atoms with E-state index in [1.807, 2.05) is 30.3 Å². The van der Waals surface area contributed by atoms with E-state index in [-0.39, 0.29) is 23.7 Å². The van der Waals surface area contributed by atoms with Crippen LogP contribution in [0.2, 0.25) is 0 Å². The number of thioether (sulfide) groups is 1. The van der Waals surface area contributed by atoms with Crippen molar-refractivity contribution in [2.24, 2.45) is 5.92 Å². The Kier molecular flexibility index (Phi) is 6.67. The summed E-state index contributed by atoms with van der Waals surface area (Å²) in [5, 5.41) is 22.9. The molecule has 6 rings (SSSR count). The molecule has 206 valence electrons. The number of amides is 3. The zero-order chi connectivity index (χ0) is 28.8. The summed E-state index contributed by atoms with van der Waals surface area (Å²) in [6.07, 6.45) is 0. The van der Waals surface area contributed by atoms with Crippen LogP contribution < -0.4 is 15.1 Å². The second kappa shape index (κ2) is 10.3. The van der Waals surface area contributed by atoms with E-state index in [1.165, 1.54) is 53.1 Å². The lowest BCUT2D eigenvalue weighted by molar-refractivity contribution is -0.384. The van der Waals surface area contributed by atoms with Crippen LogP contribution >= 0.6 is 23.1 Å². The molecule has 4 aromatic rings. The van der Waals surface area contributed by atoms with E-state index in [0.29, 0.717) is 15.6 Å². The molecule has 3 unspecified atom stereocenters. The molecule has 1 saturated heterocycles. The van der Waals surface area contributed by atoms with E-state index in [2.05, 4.69) is 5.32 Å². The number of carbonyl (C=O) groups is 3. The first kappa shape index (κ1) is 26.5. The number of non-ortho nitro benzene ring substituents is 1. The number of imide groups is 1. The first-order valence-electron chi connectivity index (χ1n) is 12.4. The number of rotatable bonds is 6. The Bertz CT molecular complexity index is 1750. The number of carbonyl (C=O) groups excluding carboxylic acids is 3. The number of nitrogens with zero attached hydrogens (tertiary/aromatic N) is 3. The van der Waals surface area contributed by atoms with E-state index < -0.39 is 44.6 Å². The van der Waals surface area contributed by atoms with Crippen LogP contribution in [0.1, 0.15) is 16.4 Å². The van der Waals surface area contributed by atoms with E-state index in [9.17, 15) is 34.4 Å². The first-order chi connectivity index (χ1) is 19.7. The predicted octanol–water partition coefficient (Wildman–Crippen LogP) is 3.96. The van der Waals surface area contributed by atoms with Crippen molar-refractivity contribution in [3.8, 4) is 5.75 Å². The number of nitrogens with one attached hydrogen (secondary N) is 1. The third-order valence-electron chi connectivity index (χ3n) is 6.98. The molecule has 3 amide bonds. The van der Waals surface area contributed by atoms with Crippen molar-refractivity contribution >= 4 is 57.9 Å². The molecule has 0 spiro atoms. The van der Waals surface area contributed by atoms with Crippen molar-refractivity contribution in [2.75, 3.05) is 10.2 Å². The number of fused-ring (bicyclic) bond motifs is 2. The van der Waals surface area contributed by atoms with Gasteiger partial charge in [0.2, 0.25) is 17.7 Å². The number of anilines is 2. The molecule has 11 nitrogen and oxygen atoms in total. The largest absolute Gasteiger partial charge is 0.508 e. The molecule has 0 saturated carbocycles. The second-order valence-corrected chi connectivity index (χ2v) is 11.6. The summed E-state index contributed by atoms with van der Waals surface area (Å²) in [4.78, 5) is 65.5. The van der Waals surface area contributed by atoms with Gasteiger partial charge in [-0.15, -0.1) is 0 Å². The summed E-state index contributed by atoms with van der Waals surface area (Å²) in [6, 6.07) is 20.2. The molecule has 2 aliphatic rings. The van der Waals surface area contributed by atoms with Crippen LogP contribution in [0.4, 0.5) is 17.1 Å². The quantitative estimate of drug-likeness (QED) is 0.149. The average Bonchev–Trinajstić information content (AvgIpc) is 3.40. The number of aromatic hydroxyl groups is 1. The first-order valence-corrected chi connectivity index (χ1v) is 14.1. The highest BCUT2D eigenvalue weighted by molar-refractivity contribution is 8.00. The normalized spacial score (nSPS) is 19.5. The molecule has 0 radical (unpaired) electrons. The van der Waals surface area contributed by atoms with Crippen molar-refractivity contribution < 1.29 is 24.4 Å². The summed E-state index contributed by atoms with van der Waals surface area (Å²) in [5.74, 6) is -2.82. The molecule has 3 atom stereocenters. The number of hydrogen-bond donors (Lipinski definition) is 2. The number of hydrogen-bond acceptors (Lipinski definition) is 9. The van der Waals surface area contributed by atoms with Gasteiger partial charge in [-0.2, -0.15) is 0 Å². The van der Waals surface area contributed by atoms with Crippen molar-refractivity contribution in [3.63, 3.8) is 0 Å². The van der Waals surface area contributed by atoms with Gasteiger partial charge in [-0.25, -0.2) is 4.90 Å². The SMILES string of the molecule is O=C(Cn1c2c(sc1=O)C(c1ccccc1)C1C(=O)N(c3ccc([N+](=O)[O-])cc3)C(=O)C1S2)Nc1ccc(O)cc1. The van der Waals surface area contributed by atoms with Gasteiger partial charge >= 0.3 is 4.87 Å². The van der Waals surface area contributed by atoms with E-state index in [4.69, 9.17) is 0 Å². The van der Waals surface area contributed by atoms with E-state index in [0.717, 1.165) is 33.6 Å². The van der Waals surface area contributed by atoms with Crippen LogP contribution in [0.3, 0.4) is 0 Å². The number of nitro benzene ring substituents is 1. The molecule has 0 aliphatic carbocycles. The van der Waals surface area contributed by atoms with Crippen molar-refractivity contribution in [1.82, 2.24) is 4.57 Å². The monoisotopic (exact) mass is 588 g/mol. The van der Waals surface area contributed by atoms with Crippen molar-refractivity contribution in [3.05, 3.63) is 109 Å². The Labute approximate surface area is 240 Å². The number of benzene rings is 3. The van der Waals surface area contributed by atoms with Gasteiger partial charge in [0.25, 0.3) is 5.69 Å². The summed E-state index contributed by atoms with van der Waals surface area (Å²) in [5.41, 5.74) is 1.24. The van der Waals surface area contributed by atoms with Crippen LogP contribution in [0, 0.1) is 16.0 Å². The maximum atomic E-state index is 13.9. The van der Waals surface area contributed by atoms with Crippen LogP contribution in [-0.4, -0.2) is 37.6 Å². The van der Waals surface area contributed by atoms with Gasteiger partial charge in [0.1, 0.15) is 17.5 Å². The third kappa shape index (κ3) is 4.68. The molecule has 0 bridgehead atoms. The molecular formula is C28H20N4O7S2. The second-order valence-electron chi connectivity index (χ2n) is 9.46. The van der Waals surface area contributed by atoms with Gasteiger partial charge in [0.15, 0.2) is 0 Å². The van der Waals surface area contributed by atoms with Gasteiger partial charge in [-0.05, 0) is 42.0 Å². The van der Waals surface area contributed by atoms with Crippen LogP contribution in [0.15, 0.2) is 88.7 Å². The number of thiazole rings is 1. The Morgan fingerprint density at radius 3 is 2.29 bits per heavy atom. The fourth-order valence-corrected chi connectivity index (χ4v) is 7.91. The highest BCUT2D eigenvalue weighted by Gasteiger charge is 2.56. The summed E-state index contributed by atoms with van der Waals surface area (Å²) in [6.45, 7) is -0.314. The van der Waals surface area contributed by atoms with Gasteiger partial charge in [0, 0.05) is 28.6 Å². The van der Waals surface area contributed by atoms with Crippen LogP contribution in [0.5, 0.6) is 5.75 Å². The maximum absolute atomic E-state index is 13.9. The number of aromatic nitrogens is 1. The van der Waals surface area contributed by atoms with Gasteiger partial charge in [-0.1, -0.05) is 53.4 Å². The Morgan fingerprint density at radius 1 is 0.951 bits per heavy atom. The number of phenolic OH excluding ortho intramolecular Hbond substituents is 1. The Hall–Kier alpha value is -4.75. The summed E-state index contributed by atoms with van der Waals surface area (Å²) < 4.78 is 1.32. The highest BCUT2D eigenvalue weighted by Crippen LogP contribution is 2.53. The lowest BCUT2D eigenvalue weighted by atomic mass is 9.83. The lowest BCUT2D eigenvalue weighted by Gasteiger charge is -2.30. The summed E-state index contributed by atoms with van der Waals surface area (Å²) >= 11 is 2.02. The zero-order valence-electron chi connectivity index (χ0n) is 21.0. The van der Waals surface area contributed by atoms with Gasteiger partial charge in [-0.3, -0.25) is 33.9 Å². The molecule has 41 heavy (non-hydrogen) atoms.